The maximum Gasteiger partial charge on any atom is 0.263 e. The Morgan fingerprint density at radius 1 is 1.55 bits per heavy atom. The molecule has 9 heteroatoms. The summed E-state index contributed by atoms with van der Waals surface area (Å²) in [7, 11) is -1.48. The Bertz CT molecular complexity index is 565. The number of aromatic nitrogens is 1. The van der Waals surface area contributed by atoms with Gasteiger partial charge in [0.05, 0.1) is 13.2 Å². The number of carbonyl (C=O) groups excluding carboxylic acids is 1. The summed E-state index contributed by atoms with van der Waals surface area (Å²) >= 11 is 0. The van der Waals surface area contributed by atoms with E-state index in [2.05, 4.69) is 10.3 Å². The third-order valence-electron chi connectivity index (χ3n) is 2.37. The van der Waals surface area contributed by atoms with Crippen molar-refractivity contribution in [3.05, 3.63) is 24.1 Å². The van der Waals surface area contributed by atoms with Crippen molar-refractivity contribution in [2.45, 2.75) is 5.03 Å². The summed E-state index contributed by atoms with van der Waals surface area (Å²) in [5.74, 6) is -1.47. The first-order valence-electron chi connectivity index (χ1n) is 5.72. The lowest BCUT2D eigenvalue weighted by Gasteiger charge is -2.16. The van der Waals surface area contributed by atoms with Gasteiger partial charge in [0.1, 0.15) is 0 Å². The summed E-state index contributed by atoms with van der Waals surface area (Å²) in [5.41, 5.74) is 0. The van der Waals surface area contributed by atoms with E-state index in [1.165, 1.54) is 26.4 Å². The molecule has 1 N–H and O–H groups in total. The Labute approximate surface area is 116 Å². The van der Waals surface area contributed by atoms with Crippen LogP contribution < -0.4 is 5.32 Å². The van der Waals surface area contributed by atoms with E-state index >= 15 is 0 Å². The molecule has 1 aromatic rings. The van der Waals surface area contributed by atoms with Crippen LogP contribution in [0.5, 0.6) is 0 Å². The third kappa shape index (κ3) is 4.22. The zero-order valence-electron chi connectivity index (χ0n) is 11.2. The van der Waals surface area contributed by atoms with Gasteiger partial charge in [0.15, 0.2) is 5.82 Å². The van der Waals surface area contributed by atoms with Crippen molar-refractivity contribution in [2.24, 2.45) is 0 Å². The molecular weight excluding hydrogens is 289 g/mol. The molecule has 20 heavy (non-hydrogen) atoms. The lowest BCUT2D eigenvalue weighted by molar-refractivity contribution is -0.121. The Morgan fingerprint density at radius 3 is 2.85 bits per heavy atom. The van der Waals surface area contributed by atoms with Crippen LogP contribution in [0.2, 0.25) is 0 Å². The Kier molecular flexibility index (Phi) is 5.99. The molecule has 0 radical (unpaired) electrons. The largest absolute Gasteiger partial charge is 0.383 e. The monoisotopic (exact) mass is 305 g/mol. The van der Waals surface area contributed by atoms with Crippen LogP contribution in [-0.4, -0.2) is 57.5 Å². The molecule has 0 saturated carbocycles. The van der Waals surface area contributed by atoms with Gasteiger partial charge in [0.25, 0.3) is 10.0 Å². The number of pyridine rings is 1. The van der Waals surface area contributed by atoms with Crippen molar-refractivity contribution in [1.29, 1.82) is 0 Å². The molecule has 0 bridgehead atoms. The number of ether oxygens (including phenoxy) is 1. The minimum absolute atomic E-state index is 0.265. The Balaban J connectivity index is 2.73. The summed E-state index contributed by atoms with van der Waals surface area (Å²) in [4.78, 5) is 15.0. The van der Waals surface area contributed by atoms with Crippen LogP contribution >= 0.6 is 0 Å². The van der Waals surface area contributed by atoms with Crippen LogP contribution in [-0.2, 0) is 19.6 Å². The molecule has 1 heterocycles. The van der Waals surface area contributed by atoms with Crippen molar-refractivity contribution in [3.8, 4) is 0 Å². The molecular formula is C11H16FN3O4S. The third-order valence-corrected chi connectivity index (χ3v) is 4.11. The van der Waals surface area contributed by atoms with Crippen LogP contribution in [0.1, 0.15) is 0 Å². The standard InChI is InChI=1S/C11H16FN3O4S/c1-15(8-10(16)13-6-7-19-2)20(17,18)11-9(12)4-3-5-14-11/h3-5H,6-8H2,1-2H3,(H,13,16). The predicted octanol–water partition coefficient (Wildman–Crippen LogP) is -0.396. The van der Waals surface area contributed by atoms with Crippen molar-refractivity contribution in [2.75, 3.05) is 33.9 Å². The summed E-state index contributed by atoms with van der Waals surface area (Å²) in [5, 5.41) is 1.77. The highest BCUT2D eigenvalue weighted by molar-refractivity contribution is 7.89. The maximum absolute atomic E-state index is 13.4. The molecule has 0 fully saturated rings. The first-order chi connectivity index (χ1) is 9.39. The van der Waals surface area contributed by atoms with E-state index in [9.17, 15) is 17.6 Å². The smallest absolute Gasteiger partial charge is 0.263 e. The van der Waals surface area contributed by atoms with E-state index in [1.807, 2.05) is 0 Å². The summed E-state index contributed by atoms with van der Waals surface area (Å²) in [6, 6.07) is 2.28. The summed E-state index contributed by atoms with van der Waals surface area (Å²) in [6.45, 7) is 0.153. The highest BCUT2D eigenvalue weighted by Gasteiger charge is 2.27. The molecule has 1 rings (SSSR count). The molecule has 1 amide bonds. The zero-order chi connectivity index (χ0) is 15.2. The highest BCUT2D eigenvalue weighted by atomic mass is 32.2. The van der Waals surface area contributed by atoms with Crippen molar-refractivity contribution in [1.82, 2.24) is 14.6 Å². The number of methoxy groups -OCH3 is 1. The van der Waals surface area contributed by atoms with Crippen molar-refractivity contribution < 1.29 is 22.3 Å². The molecule has 7 nitrogen and oxygen atoms in total. The topological polar surface area (TPSA) is 88.6 Å². The van der Waals surface area contributed by atoms with Gasteiger partial charge in [0.2, 0.25) is 10.9 Å². The Morgan fingerprint density at radius 2 is 2.25 bits per heavy atom. The number of nitrogens with one attached hydrogen (secondary N) is 1. The van der Waals surface area contributed by atoms with Crippen LogP contribution in [0.4, 0.5) is 4.39 Å². The molecule has 0 saturated heterocycles. The number of nitrogens with zero attached hydrogens (tertiary/aromatic N) is 2. The van der Waals surface area contributed by atoms with Gasteiger partial charge in [0, 0.05) is 26.9 Å². The highest BCUT2D eigenvalue weighted by Crippen LogP contribution is 2.14. The molecule has 1 aromatic heterocycles. The molecule has 0 aromatic carbocycles. The average Bonchev–Trinajstić information content (AvgIpc) is 2.39. The van der Waals surface area contributed by atoms with E-state index in [-0.39, 0.29) is 6.54 Å². The molecule has 0 aliphatic rings. The van der Waals surface area contributed by atoms with E-state index in [1.54, 1.807) is 0 Å². The molecule has 112 valence electrons. The van der Waals surface area contributed by atoms with Crippen LogP contribution in [0.15, 0.2) is 23.4 Å². The molecule has 0 unspecified atom stereocenters. The number of halogens is 1. The number of carbonyl (C=O) groups is 1. The van der Waals surface area contributed by atoms with Gasteiger partial charge in [-0.05, 0) is 12.1 Å². The second-order valence-electron chi connectivity index (χ2n) is 3.89. The SMILES string of the molecule is COCCNC(=O)CN(C)S(=O)(=O)c1ncccc1F. The number of rotatable bonds is 7. The van der Waals surface area contributed by atoms with E-state index in [0.29, 0.717) is 6.61 Å². The van der Waals surface area contributed by atoms with E-state index in [4.69, 9.17) is 4.74 Å². The van der Waals surface area contributed by atoms with Gasteiger partial charge in [-0.15, -0.1) is 0 Å². The maximum atomic E-state index is 13.4. The summed E-state index contributed by atoms with van der Waals surface area (Å²) in [6.07, 6.45) is 1.17. The summed E-state index contributed by atoms with van der Waals surface area (Å²) < 4.78 is 43.0. The Hall–Kier alpha value is -1.58. The van der Waals surface area contributed by atoms with Gasteiger partial charge in [-0.3, -0.25) is 4.79 Å². The minimum Gasteiger partial charge on any atom is -0.383 e. The first-order valence-corrected chi connectivity index (χ1v) is 7.16. The number of hydrogen-bond donors (Lipinski definition) is 1. The first kappa shape index (κ1) is 16.5. The van der Waals surface area contributed by atoms with Crippen molar-refractivity contribution >= 4 is 15.9 Å². The second kappa shape index (κ2) is 7.27. The fraction of sp³-hybridized carbons (Fsp3) is 0.455. The zero-order valence-corrected chi connectivity index (χ0v) is 12.0. The molecule has 0 spiro atoms. The van der Waals surface area contributed by atoms with Gasteiger partial charge >= 0.3 is 0 Å². The van der Waals surface area contributed by atoms with Gasteiger partial charge < -0.3 is 10.1 Å². The second-order valence-corrected chi connectivity index (χ2v) is 5.85. The number of hydrogen-bond acceptors (Lipinski definition) is 5. The van der Waals surface area contributed by atoms with Gasteiger partial charge in [-0.2, -0.15) is 4.31 Å². The quantitative estimate of drug-likeness (QED) is 0.693. The fourth-order valence-electron chi connectivity index (χ4n) is 1.34. The number of likely N-dealkylation sites (N-methyl/N-ethyl adjacent to an activating group) is 1. The normalized spacial score (nSPS) is 11.6. The number of amides is 1. The van der Waals surface area contributed by atoms with Crippen LogP contribution in [0, 0.1) is 5.82 Å². The number of sulfonamides is 1. The van der Waals surface area contributed by atoms with Gasteiger partial charge in [-0.1, -0.05) is 0 Å². The minimum atomic E-state index is -4.14. The lowest BCUT2D eigenvalue weighted by Crippen LogP contribution is -2.39. The van der Waals surface area contributed by atoms with Gasteiger partial charge in [-0.25, -0.2) is 17.8 Å². The van der Waals surface area contributed by atoms with Crippen molar-refractivity contribution in [3.63, 3.8) is 0 Å². The van der Waals surface area contributed by atoms with Crippen LogP contribution in [0.3, 0.4) is 0 Å². The average molecular weight is 305 g/mol. The molecule has 0 atom stereocenters. The van der Waals surface area contributed by atoms with Crippen LogP contribution in [0.25, 0.3) is 0 Å². The van der Waals surface area contributed by atoms with E-state index in [0.717, 1.165) is 10.4 Å². The molecule has 0 aliphatic heterocycles. The van der Waals surface area contributed by atoms with E-state index < -0.39 is 33.3 Å². The molecule has 0 aliphatic carbocycles. The lowest BCUT2D eigenvalue weighted by atomic mass is 10.5. The fourth-order valence-corrected chi connectivity index (χ4v) is 2.44. The predicted molar refractivity (Wildman–Crippen MR) is 68.9 cm³/mol.